The maximum Gasteiger partial charge on any atom is 0.270 e. The summed E-state index contributed by atoms with van der Waals surface area (Å²) in [4.78, 5) is 28.7. The molecule has 8 nitrogen and oxygen atoms in total. The summed E-state index contributed by atoms with van der Waals surface area (Å²) >= 11 is 0. The van der Waals surface area contributed by atoms with Gasteiger partial charge in [0.1, 0.15) is 17.0 Å². The fourth-order valence-electron chi connectivity index (χ4n) is 3.27. The largest absolute Gasteiger partial charge is 0.378 e. The summed E-state index contributed by atoms with van der Waals surface area (Å²) in [5.74, 6) is -0.954. The molecule has 0 saturated carbocycles. The van der Waals surface area contributed by atoms with Crippen LogP contribution < -0.4 is 11.1 Å². The van der Waals surface area contributed by atoms with E-state index in [1.165, 1.54) is 23.4 Å². The maximum atomic E-state index is 12.8. The molecule has 2 aromatic heterocycles. The van der Waals surface area contributed by atoms with E-state index in [1.807, 2.05) is 24.3 Å². The first-order valence-corrected chi connectivity index (χ1v) is 8.14. The predicted molar refractivity (Wildman–Crippen MR) is 92.6 cm³/mol. The first-order valence-electron chi connectivity index (χ1n) is 8.14. The highest BCUT2D eigenvalue weighted by Crippen LogP contribution is 2.32. The lowest BCUT2D eigenvalue weighted by atomic mass is 9.83. The highest BCUT2D eigenvalue weighted by molar-refractivity contribution is 6.01. The molecular weight excluding hydrogens is 334 g/mol. The van der Waals surface area contributed by atoms with Crippen molar-refractivity contribution < 1.29 is 14.3 Å². The molecule has 1 atom stereocenters. The average Bonchev–Trinajstić information content (AvgIpc) is 2.98. The van der Waals surface area contributed by atoms with Crippen LogP contribution in [0, 0.1) is 0 Å². The standard InChI is InChI=1S/C18H17N5O3/c1-26-9-13-15(16(19)24)17-20-7-6-14(23(17)22-13)18(25)21-12-8-10-4-2-3-5-11(10)12/h2-7,12H,8-9H2,1H3,(H2,19,24)(H,21,25). The van der Waals surface area contributed by atoms with Crippen molar-refractivity contribution in [2.45, 2.75) is 19.1 Å². The fraction of sp³-hybridized carbons (Fsp3) is 0.222. The summed E-state index contributed by atoms with van der Waals surface area (Å²) in [6.45, 7) is 0.0959. The molecule has 2 heterocycles. The van der Waals surface area contributed by atoms with Gasteiger partial charge in [0.15, 0.2) is 5.65 Å². The minimum atomic E-state index is -0.662. The Hall–Kier alpha value is -3.26. The van der Waals surface area contributed by atoms with Crippen molar-refractivity contribution in [1.29, 1.82) is 0 Å². The summed E-state index contributed by atoms with van der Waals surface area (Å²) in [6.07, 6.45) is 2.25. The quantitative estimate of drug-likeness (QED) is 0.712. The zero-order valence-corrected chi connectivity index (χ0v) is 14.1. The first kappa shape index (κ1) is 16.2. The number of benzene rings is 1. The van der Waals surface area contributed by atoms with Gasteiger partial charge in [0.25, 0.3) is 11.8 Å². The van der Waals surface area contributed by atoms with Crippen molar-refractivity contribution in [2.75, 3.05) is 7.11 Å². The molecule has 132 valence electrons. The van der Waals surface area contributed by atoms with E-state index in [0.717, 1.165) is 12.0 Å². The average molecular weight is 351 g/mol. The number of fused-ring (bicyclic) bond motifs is 2. The maximum absolute atomic E-state index is 12.8. The normalized spacial score (nSPS) is 15.3. The monoisotopic (exact) mass is 351 g/mol. The molecule has 0 saturated heterocycles. The van der Waals surface area contributed by atoms with Crippen LogP contribution in [0.3, 0.4) is 0 Å². The Bertz CT molecular complexity index is 1030. The molecule has 0 radical (unpaired) electrons. The third-order valence-corrected chi connectivity index (χ3v) is 4.51. The number of ether oxygens (including phenoxy) is 1. The number of nitrogens with one attached hydrogen (secondary N) is 1. The fourth-order valence-corrected chi connectivity index (χ4v) is 3.27. The number of primary amides is 1. The van der Waals surface area contributed by atoms with Gasteiger partial charge in [-0.25, -0.2) is 9.50 Å². The van der Waals surface area contributed by atoms with Crippen LogP contribution in [0.2, 0.25) is 0 Å². The summed E-state index contributed by atoms with van der Waals surface area (Å²) in [7, 11) is 1.49. The van der Waals surface area contributed by atoms with Crippen molar-refractivity contribution in [3.05, 3.63) is 64.6 Å². The summed E-state index contributed by atoms with van der Waals surface area (Å²) in [6, 6.07) is 9.50. The molecule has 3 aromatic rings. The summed E-state index contributed by atoms with van der Waals surface area (Å²) in [5, 5.41) is 7.30. The van der Waals surface area contributed by atoms with Gasteiger partial charge < -0.3 is 15.8 Å². The van der Waals surface area contributed by atoms with Gasteiger partial charge in [0.2, 0.25) is 0 Å². The van der Waals surface area contributed by atoms with Crippen molar-refractivity contribution in [2.24, 2.45) is 5.73 Å². The van der Waals surface area contributed by atoms with E-state index in [4.69, 9.17) is 10.5 Å². The van der Waals surface area contributed by atoms with Crippen LogP contribution in [-0.4, -0.2) is 33.5 Å². The molecular formula is C18H17N5O3. The van der Waals surface area contributed by atoms with Crippen molar-refractivity contribution in [1.82, 2.24) is 19.9 Å². The Morgan fingerprint density at radius 3 is 2.88 bits per heavy atom. The molecule has 26 heavy (non-hydrogen) atoms. The van der Waals surface area contributed by atoms with Gasteiger partial charge in [0.05, 0.1) is 12.6 Å². The lowest BCUT2D eigenvalue weighted by molar-refractivity contribution is 0.0923. The molecule has 2 amide bonds. The Morgan fingerprint density at radius 1 is 1.35 bits per heavy atom. The van der Waals surface area contributed by atoms with E-state index in [2.05, 4.69) is 15.4 Å². The van der Waals surface area contributed by atoms with Gasteiger partial charge in [-0.1, -0.05) is 24.3 Å². The van der Waals surface area contributed by atoms with E-state index in [1.54, 1.807) is 6.07 Å². The van der Waals surface area contributed by atoms with Gasteiger partial charge in [-0.15, -0.1) is 0 Å². The Kier molecular flexibility index (Phi) is 3.89. The molecule has 1 unspecified atom stereocenters. The molecule has 0 bridgehead atoms. The Balaban J connectivity index is 1.69. The molecule has 1 aliphatic rings. The van der Waals surface area contributed by atoms with Crippen molar-refractivity contribution in [3.63, 3.8) is 0 Å². The molecule has 0 spiro atoms. The van der Waals surface area contributed by atoms with Crippen molar-refractivity contribution >= 4 is 17.5 Å². The van der Waals surface area contributed by atoms with Crippen LogP contribution in [0.5, 0.6) is 0 Å². The number of carbonyl (C=O) groups excluding carboxylic acids is 2. The second-order valence-corrected chi connectivity index (χ2v) is 6.11. The highest BCUT2D eigenvalue weighted by Gasteiger charge is 2.28. The Morgan fingerprint density at radius 2 is 2.15 bits per heavy atom. The number of methoxy groups -OCH3 is 1. The zero-order chi connectivity index (χ0) is 18.3. The zero-order valence-electron chi connectivity index (χ0n) is 14.1. The van der Waals surface area contributed by atoms with Gasteiger partial charge in [0, 0.05) is 13.3 Å². The SMILES string of the molecule is COCc1nn2c(C(=O)NC3Cc4ccccc43)ccnc2c1C(N)=O. The number of nitrogens with two attached hydrogens (primary N) is 1. The minimum Gasteiger partial charge on any atom is -0.378 e. The molecule has 8 heteroatoms. The summed E-state index contributed by atoms with van der Waals surface area (Å²) < 4.78 is 6.41. The minimum absolute atomic E-state index is 0.0356. The molecule has 0 fully saturated rings. The Labute approximate surface area is 149 Å². The van der Waals surface area contributed by atoms with Crippen molar-refractivity contribution in [3.8, 4) is 0 Å². The van der Waals surface area contributed by atoms with Crippen LogP contribution >= 0.6 is 0 Å². The number of aromatic nitrogens is 3. The molecule has 4 rings (SSSR count). The van der Waals surface area contributed by atoms with Crippen LogP contribution in [0.4, 0.5) is 0 Å². The smallest absolute Gasteiger partial charge is 0.270 e. The lowest BCUT2D eigenvalue weighted by Gasteiger charge is -2.30. The number of hydrogen-bond donors (Lipinski definition) is 2. The summed E-state index contributed by atoms with van der Waals surface area (Å²) in [5.41, 5.74) is 8.84. The molecule has 1 aromatic carbocycles. The number of nitrogens with zero attached hydrogens (tertiary/aromatic N) is 3. The second-order valence-electron chi connectivity index (χ2n) is 6.11. The van der Waals surface area contributed by atoms with E-state index in [9.17, 15) is 9.59 Å². The van der Waals surface area contributed by atoms with Gasteiger partial charge in [-0.05, 0) is 23.6 Å². The number of amides is 2. The second kappa shape index (κ2) is 6.23. The van der Waals surface area contributed by atoms with E-state index in [-0.39, 0.29) is 35.5 Å². The van der Waals surface area contributed by atoms with Crippen LogP contribution in [0.25, 0.3) is 5.65 Å². The molecule has 1 aliphatic carbocycles. The highest BCUT2D eigenvalue weighted by atomic mass is 16.5. The van der Waals surface area contributed by atoms with E-state index in [0.29, 0.717) is 5.69 Å². The third kappa shape index (κ3) is 2.51. The van der Waals surface area contributed by atoms with E-state index >= 15 is 0 Å². The van der Waals surface area contributed by atoms with E-state index < -0.39 is 5.91 Å². The van der Waals surface area contributed by atoms with Crippen LogP contribution in [-0.2, 0) is 17.8 Å². The lowest BCUT2D eigenvalue weighted by Crippen LogP contribution is -2.36. The molecule has 3 N–H and O–H groups in total. The number of rotatable bonds is 5. The van der Waals surface area contributed by atoms with Gasteiger partial charge in [-0.2, -0.15) is 5.10 Å². The van der Waals surface area contributed by atoms with Gasteiger partial charge in [-0.3, -0.25) is 9.59 Å². The van der Waals surface area contributed by atoms with Crippen LogP contribution in [0.15, 0.2) is 36.5 Å². The number of hydrogen-bond acceptors (Lipinski definition) is 5. The topological polar surface area (TPSA) is 112 Å². The first-order chi connectivity index (χ1) is 12.6. The van der Waals surface area contributed by atoms with Crippen LogP contribution in [0.1, 0.15) is 43.7 Å². The molecule has 0 aliphatic heterocycles. The van der Waals surface area contributed by atoms with Gasteiger partial charge >= 0.3 is 0 Å². The number of carbonyl (C=O) groups is 2. The predicted octanol–water partition coefficient (Wildman–Crippen LogP) is 1.00. The third-order valence-electron chi connectivity index (χ3n) is 4.51.